The smallest absolute Gasteiger partial charge is 0.407 e. The van der Waals surface area contributed by atoms with Crippen LogP contribution in [0.2, 0.25) is 0 Å². The molecule has 1 aliphatic heterocycles. The molecule has 1 rings (SSSR count). The molecule has 5 nitrogen and oxygen atoms in total. The summed E-state index contributed by atoms with van der Waals surface area (Å²) in [6.45, 7) is 0.509. The highest BCUT2D eigenvalue weighted by molar-refractivity contribution is 5.80. The first-order chi connectivity index (χ1) is 4.61. The highest BCUT2D eigenvalue weighted by atomic mass is 16.4. The fourth-order valence-electron chi connectivity index (χ4n) is 0.815. The van der Waals surface area contributed by atoms with Crippen molar-refractivity contribution in [1.29, 1.82) is 0 Å². The number of carbonyl (C=O) groups excluding carboxylic acids is 1. The van der Waals surface area contributed by atoms with Crippen molar-refractivity contribution in [1.82, 2.24) is 4.90 Å². The van der Waals surface area contributed by atoms with Gasteiger partial charge in [0.1, 0.15) is 0 Å². The van der Waals surface area contributed by atoms with Gasteiger partial charge in [-0.25, -0.2) is 4.79 Å². The lowest BCUT2D eigenvalue weighted by Gasteiger charge is -2.34. The fourth-order valence-corrected chi connectivity index (χ4v) is 0.815. The van der Waals surface area contributed by atoms with Crippen LogP contribution in [0.15, 0.2) is 0 Å². The van der Waals surface area contributed by atoms with Crippen LogP contribution in [0.5, 0.6) is 0 Å². The Bertz CT molecular complexity index is 156. The van der Waals surface area contributed by atoms with Crippen LogP contribution in [0.1, 0.15) is 0 Å². The first-order valence-electron chi connectivity index (χ1n) is 2.88. The largest absolute Gasteiger partial charge is 0.465 e. The standard InChI is InChI=1S/C5H8N2O3/c6-4(8)3-1-7(2-3)5(9)10/h3H,1-2H2,(H2,6,8)(H,9,10). The topological polar surface area (TPSA) is 83.6 Å². The van der Waals surface area contributed by atoms with Gasteiger partial charge in [0.25, 0.3) is 0 Å². The van der Waals surface area contributed by atoms with Gasteiger partial charge in [-0.3, -0.25) is 4.79 Å². The van der Waals surface area contributed by atoms with Crippen molar-refractivity contribution in [3.8, 4) is 0 Å². The molecule has 1 fully saturated rings. The van der Waals surface area contributed by atoms with Crippen LogP contribution < -0.4 is 5.73 Å². The molecule has 5 heteroatoms. The molecule has 2 amide bonds. The average molecular weight is 144 g/mol. The number of likely N-dealkylation sites (tertiary alicyclic amines) is 1. The summed E-state index contributed by atoms with van der Waals surface area (Å²) >= 11 is 0. The Labute approximate surface area is 57.4 Å². The Kier molecular flexibility index (Phi) is 1.48. The van der Waals surface area contributed by atoms with Crippen LogP contribution in [0.25, 0.3) is 0 Å². The third-order valence-corrected chi connectivity index (χ3v) is 1.55. The molecule has 0 radical (unpaired) electrons. The summed E-state index contributed by atoms with van der Waals surface area (Å²) in [5.41, 5.74) is 4.90. The van der Waals surface area contributed by atoms with Crippen LogP contribution in [-0.4, -0.2) is 35.1 Å². The quantitative estimate of drug-likeness (QED) is 0.499. The molecule has 56 valence electrons. The van der Waals surface area contributed by atoms with Gasteiger partial charge in [-0.2, -0.15) is 0 Å². The van der Waals surface area contributed by atoms with Gasteiger partial charge in [-0.15, -0.1) is 0 Å². The number of rotatable bonds is 1. The molecule has 0 spiro atoms. The zero-order chi connectivity index (χ0) is 7.72. The van der Waals surface area contributed by atoms with Gasteiger partial charge in [-0.1, -0.05) is 0 Å². The second-order valence-electron chi connectivity index (χ2n) is 2.29. The lowest BCUT2D eigenvalue weighted by molar-refractivity contribution is -0.125. The van der Waals surface area contributed by atoms with E-state index in [1.54, 1.807) is 0 Å². The van der Waals surface area contributed by atoms with Crippen LogP contribution in [0, 0.1) is 5.92 Å². The molecule has 0 aromatic carbocycles. The van der Waals surface area contributed by atoms with E-state index in [1.807, 2.05) is 0 Å². The molecule has 1 heterocycles. The number of nitrogens with two attached hydrogens (primary N) is 1. The molecule has 3 N–H and O–H groups in total. The van der Waals surface area contributed by atoms with Crippen LogP contribution >= 0.6 is 0 Å². The molecular formula is C5H8N2O3. The number of hydrogen-bond acceptors (Lipinski definition) is 2. The minimum absolute atomic E-state index is 0.255. The Morgan fingerprint density at radius 2 is 2.00 bits per heavy atom. The number of primary amides is 1. The molecule has 0 unspecified atom stereocenters. The van der Waals surface area contributed by atoms with Gasteiger partial charge in [-0.05, 0) is 0 Å². The van der Waals surface area contributed by atoms with E-state index in [0.29, 0.717) is 0 Å². The fraction of sp³-hybridized carbons (Fsp3) is 0.600. The van der Waals surface area contributed by atoms with Gasteiger partial charge < -0.3 is 15.7 Å². The van der Waals surface area contributed by atoms with E-state index in [1.165, 1.54) is 0 Å². The molecule has 0 aromatic heterocycles. The summed E-state index contributed by atoms with van der Waals surface area (Å²) in [6, 6.07) is 0. The molecular weight excluding hydrogens is 136 g/mol. The predicted octanol–water partition coefficient (Wildman–Crippen LogP) is -0.919. The zero-order valence-corrected chi connectivity index (χ0v) is 5.28. The summed E-state index contributed by atoms with van der Waals surface area (Å²) in [7, 11) is 0. The zero-order valence-electron chi connectivity index (χ0n) is 5.28. The molecule has 1 aliphatic rings. The van der Waals surface area contributed by atoms with Crippen molar-refractivity contribution in [2.24, 2.45) is 11.7 Å². The van der Waals surface area contributed by atoms with Gasteiger partial charge >= 0.3 is 6.09 Å². The lowest BCUT2D eigenvalue weighted by Crippen LogP contribution is -2.54. The number of nitrogens with zero attached hydrogens (tertiary/aromatic N) is 1. The SMILES string of the molecule is NC(=O)C1CN(C(=O)O)C1. The maximum absolute atomic E-state index is 10.4. The summed E-state index contributed by atoms with van der Waals surface area (Å²) in [5, 5.41) is 8.31. The number of amides is 2. The van der Waals surface area contributed by atoms with Gasteiger partial charge in [0.2, 0.25) is 5.91 Å². The first-order valence-corrected chi connectivity index (χ1v) is 2.88. The van der Waals surface area contributed by atoms with E-state index >= 15 is 0 Å². The van der Waals surface area contributed by atoms with Gasteiger partial charge in [0, 0.05) is 13.1 Å². The Morgan fingerprint density at radius 3 is 2.30 bits per heavy atom. The van der Waals surface area contributed by atoms with E-state index in [2.05, 4.69) is 0 Å². The van der Waals surface area contributed by atoms with Crippen molar-refractivity contribution >= 4 is 12.0 Å². The van der Waals surface area contributed by atoms with Crippen molar-refractivity contribution in [3.63, 3.8) is 0 Å². The van der Waals surface area contributed by atoms with E-state index in [0.717, 1.165) is 4.90 Å². The van der Waals surface area contributed by atoms with Crippen LogP contribution in [-0.2, 0) is 4.79 Å². The van der Waals surface area contributed by atoms with E-state index in [-0.39, 0.29) is 19.0 Å². The highest BCUT2D eigenvalue weighted by Gasteiger charge is 2.33. The summed E-state index contributed by atoms with van der Waals surface area (Å²) in [5.74, 6) is -0.686. The van der Waals surface area contributed by atoms with Gasteiger partial charge in [0.05, 0.1) is 5.92 Å². The summed E-state index contributed by atoms with van der Waals surface area (Å²) in [6.07, 6.45) is -0.988. The summed E-state index contributed by atoms with van der Waals surface area (Å²) in [4.78, 5) is 21.6. The third-order valence-electron chi connectivity index (χ3n) is 1.55. The maximum Gasteiger partial charge on any atom is 0.407 e. The Morgan fingerprint density at radius 1 is 1.50 bits per heavy atom. The molecule has 0 aliphatic carbocycles. The predicted molar refractivity (Wildman–Crippen MR) is 32.3 cm³/mol. The van der Waals surface area contributed by atoms with Crippen molar-refractivity contribution in [2.45, 2.75) is 0 Å². The molecule has 10 heavy (non-hydrogen) atoms. The first kappa shape index (κ1) is 6.85. The molecule has 1 saturated heterocycles. The molecule has 0 aromatic rings. The highest BCUT2D eigenvalue weighted by Crippen LogP contribution is 2.13. The van der Waals surface area contributed by atoms with Gasteiger partial charge in [0.15, 0.2) is 0 Å². The summed E-state index contributed by atoms with van der Waals surface area (Å²) < 4.78 is 0. The minimum atomic E-state index is -0.988. The molecule has 0 atom stereocenters. The van der Waals surface area contributed by atoms with Crippen LogP contribution in [0.4, 0.5) is 4.79 Å². The minimum Gasteiger partial charge on any atom is -0.465 e. The monoisotopic (exact) mass is 144 g/mol. The van der Waals surface area contributed by atoms with E-state index in [9.17, 15) is 9.59 Å². The van der Waals surface area contributed by atoms with E-state index < -0.39 is 12.0 Å². The molecule has 0 saturated carbocycles. The van der Waals surface area contributed by atoms with E-state index in [4.69, 9.17) is 10.8 Å². The second kappa shape index (κ2) is 2.17. The van der Waals surface area contributed by atoms with Crippen molar-refractivity contribution in [2.75, 3.05) is 13.1 Å². The normalized spacial score (nSPS) is 18.2. The Hall–Kier alpha value is -1.26. The Balaban J connectivity index is 2.31. The number of carboxylic acid groups (broad SMARTS) is 1. The van der Waals surface area contributed by atoms with Crippen LogP contribution in [0.3, 0.4) is 0 Å². The maximum atomic E-state index is 10.4. The number of carbonyl (C=O) groups is 2. The third kappa shape index (κ3) is 1.02. The second-order valence-corrected chi connectivity index (χ2v) is 2.29. The van der Waals surface area contributed by atoms with Crippen molar-refractivity contribution in [3.05, 3.63) is 0 Å². The molecule has 0 bridgehead atoms. The average Bonchev–Trinajstić information content (AvgIpc) is 1.56. The lowest BCUT2D eigenvalue weighted by atomic mass is 10.0. The van der Waals surface area contributed by atoms with Crippen molar-refractivity contribution < 1.29 is 14.7 Å². The number of hydrogen-bond donors (Lipinski definition) is 2.